The zero-order valence-corrected chi connectivity index (χ0v) is 22.6. The fraction of sp³-hybridized carbons (Fsp3) is 0.933. The maximum Gasteiger partial charge on any atom is 0.175 e. The molecule has 2 N–H and O–H groups in total. The van der Waals surface area contributed by atoms with E-state index in [1.54, 1.807) is 0 Å². The Hall–Kier alpha value is -0.420. The summed E-state index contributed by atoms with van der Waals surface area (Å²) in [5.41, 5.74) is 0.962. The van der Waals surface area contributed by atoms with Gasteiger partial charge in [0.25, 0.3) is 0 Å². The number of fused-ring (bicyclic) bond motifs is 4. The molecule has 6 fully saturated rings. The number of allylic oxidation sites excluding steroid dienone is 1. The monoisotopic (exact) mass is 472 g/mol. The van der Waals surface area contributed by atoms with Crippen LogP contribution in [-0.4, -0.2) is 40.4 Å². The molecule has 2 spiro atoms. The largest absolute Gasteiger partial charge is 0.393 e. The first kappa shape index (κ1) is 23.9. The van der Waals surface area contributed by atoms with Crippen molar-refractivity contribution in [2.45, 2.75) is 123 Å². The van der Waals surface area contributed by atoms with E-state index in [-0.39, 0.29) is 39.8 Å². The van der Waals surface area contributed by atoms with Crippen molar-refractivity contribution in [1.82, 2.24) is 0 Å². The predicted molar refractivity (Wildman–Crippen MR) is 133 cm³/mol. The minimum absolute atomic E-state index is 0.0236. The quantitative estimate of drug-likeness (QED) is 0.470. The molecule has 2 bridgehead atoms. The van der Waals surface area contributed by atoms with Gasteiger partial charge in [-0.1, -0.05) is 39.3 Å². The van der Waals surface area contributed by atoms with Gasteiger partial charge in [-0.15, -0.1) is 0 Å². The van der Waals surface area contributed by atoms with Crippen LogP contribution >= 0.6 is 0 Å². The van der Waals surface area contributed by atoms with Gasteiger partial charge in [0.2, 0.25) is 0 Å². The fourth-order valence-electron chi connectivity index (χ4n) is 11.6. The lowest BCUT2D eigenvalue weighted by Crippen LogP contribution is -2.67. The highest BCUT2D eigenvalue weighted by Crippen LogP contribution is 2.80. The van der Waals surface area contributed by atoms with Crippen LogP contribution in [0.5, 0.6) is 0 Å². The summed E-state index contributed by atoms with van der Waals surface area (Å²) >= 11 is 0. The highest BCUT2D eigenvalue weighted by atomic mass is 16.7. The van der Waals surface area contributed by atoms with Crippen LogP contribution in [0.2, 0.25) is 0 Å². The average Bonchev–Trinajstić information content (AvgIpc) is 3.22. The van der Waals surface area contributed by atoms with Crippen molar-refractivity contribution < 1.29 is 19.7 Å². The van der Waals surface area contributed by atoms with E-state index in [9.17, 15) is 10.2 Å². The van der Waals surface area contributed by atoms with Crippen LogP contribution in [0.4, 0.5) is 0 Å². The summed E-state index contributed by atoms with van der Waals surface area (Å²) in [6.45, 7) is 16.9. The molecule has 4 heteroatoms. The third-order valence-corrected chi connectivity index (χ3v) is 12.8. The Bertz CT molecular complexity index is 903. The number of hydrogen-bond acceptors (Lipinski definition) is 4. The topological polar surface area (TPSA) is 58.9 Å². The number of aliphatic hydroxyl groups excluding tert-OH is 1. The van der Waals surface area contributed by atoms with E-state index in [0.29, 0.717) is 24.2 Å². The molecule has 4 aliphatic carbocycles. The van der Waals surface area contributed by atoms with E-state index in [1.807, 2.05) is 0 Å². The summed E-state index contributed by atoms with van der Waals surface area (Å²) in [6, 6.07) is 0. The molecule has 6 rings (SSSR count). The molecule has 34 heavy (non-hydrogen) atoms. The fourth-order valence-corrected chi connectivity index (χ4v) is 11.6. The lowest BCUT2D eigenvalue weighted by Gasteiger charge is -2.70. The second kappa shape index (κ2) is 6.91. The second-order valence-electron chi connectivity index (χ2n) is 15.0. The van der Waals surface area contributed by atoms with E-state index >= 15 is 0 Å². The summed E-state index contributed by atoms with van der Waals surface area (Å²) in [4.78, 5) is 0. The van der Waals surface area contributed by atoms with E-state index < -0.39 is 11.4 Å². The summed E-state index contributed by atoms with van der Waals surface area (Å²) in [5, 5.41) is 22.8. The average molecular weight is 473 g/mol. The second-order valence-corrected chi connectivity index (χ2v) is 15.0. The van der Waals surface area contributed by atoms with Crippen LogP contribution in [0.15, 0.2) is 11.6 Å². The molecule has 6 aliphatic rings. The molecule has 4 nitrogen and oxygen atoms in total. The van der Waals surface area contributed by atoms with Gasteiger partial charge in [-0.2, -0.15) is 0 Å². The normalized spacial score (nSPS) is 59.4. The minimum Gasteiger partial charge on any atom is -0.393 e. The number of ether oxygens (including phenoxy) is 2. The molecule has 0 aromatic carbocycles. The van der Waals surface area contributed by atoms with Gasteiger partial charge in [0.15, 0.2) is 5.79 Å². The minimum atomic E-state index is -0.775. The van der Waals surface area contributed by atoms with Crippen molar-refractivity contribution in [3.05, 3.63) is 11.6 Å². The summed E-state index contributed by atoms with van der Waals surface area (Å²) < 4.78 is 13.6. The Balaban J connectivity index is 1.41. The van der Waals surface area contributed by atoms with Crippen LogP contribution in [0.1, 0.15) is 99.8 Å². The Kier molecular flexibility index (Phi) is 4.87. The van der Waals surface area contributed by atoms with Gasteiger partial charge in [0.1, 0.15) is 0 Å². The summed E-state index contributed by atoms with van der Waals surface area (Å²) in [5.74, 6) is 1.09. The SMILES string of the molecule is CC(C)=C[C@H]1C[C@](C)(O)[C@@H]2[C@H]3CC[C@@H]4[C@@]5(C)CC[C@@H](O)C(C)(C)[C@H]5CC[C@@]4(C)[C@@]34CO[C@@]2(C4)O1. The molecule has 0 aromatic heterocycles. The maximum atomic E-state index is 11.9. The summed E-state index contributed by atoms with van der Waals surface area (Å²) in [7, 11) is 0. The van der Waals surface area contributed by atoms with Gasteiger partial charge in [-0.3, -0.25) is 0 Å². The van der Waals surface area contributed by atoms with E-state index in [4.69, 9.17) is 9.47 Å². The molecule has 0 radical (unpaired) electrons. The zero-order chi connectivity index (χ0) is 24.5. The molecule has 2 heterocycles. The van der Waals surface area contributed by atoms with Crippen molar-refractivity contribution in [3.8, 4) is 0 Å². The molecule has 192 valence electrons. The highest BCUT2D eigenvalue weighted by Gasteiger charge is 2.80. The first-order chi connectivity index (χ1) is 15.7. The Morgan fingerprint density at radius 2 is 1.68 bits per heavy atom. The lowest BCUT2D eigenvalue weighted by molar-refractivity contribution is -0.340. The highest BCUT2D eigenvalue weighted by molar-refractivity contribution is 5.26. The molecule has 2 aliphatic heterocycles. The zero-order valence-electron chi connectivity index (χ0n) is 22.6. The molecule has 0 unspecified atom stereocenters. The van der Waals surface area contributed by atoms with Crippen LogP contribution in [0.3, 0.4) is 0 Å². The van der Waals surface area contributed by atoms with Gasteiger partial charge < -0.3 is 19.7 Å². The Morgan fingerprint density at radius 3 is 2.38 bits per heavy atom. The first-order valence-electron chi connectivity index (χ1n) is 14.1. The standard InChI is InChI=1S/C30H48O4/c1-18(2)14-19-15-28(7,32)24-20-8-9-22-26(5)12-11-23(31)25(3,4)21(26)10-13-27(22,6)29(20)16-30(24,34-19)33-17-29/h14,19-24,31-32H,8-13,15-17H2,1-7H3/t19-,20+,21+,22+,23+,24-,26-,27+,28-,29-,30-/m0/s1. The molecule has 11 atom stereocenters. The number of aliphatic hydroxyl groups is 2. The number of hydrogen-bond donors (Lipinski definition) is 2. The molecule has 0 amide bonds. The first-order valence-corrected chi connectivity index (χ1v) is 14.1. The van der Waals surface area contributed by atoms with Crippen LogP contribution in [-0.2, 0) is 9.47 Å². The van der Waals surface area contributed by atoms with Gasteiger partial charge in [-0.05, 0) is 93.3 Å². The van der Waals surface area contributed by atoms with E-state index in [0.717, 1.165) is 25.9 Å². The Labute approximate surface area is 206 Å². The van der Waals surface area contributed by atoms with Crippen molar-refractivity contribution in [2.24, 2.45) is 45.3 Å². The smallest absolute Gasteiger partial charge is 0.175 e. The number of rotatable bonds is 1. The molecule has 0 aromatic rings. The van der Waals surface area contributed by atoms with Gasteiger partial charge in [0.05, 0.1) is 24.4 Å². The van der Waals surface area contributed by atoms with Gasteiger partial charge in [0, 0.05) is 24.2 Å². The van der Waals surface area contributed by atoms with Gasteiger partial charge in [-0.25, -0.2) is 0 Å². The Morgan fingerprint density at radius 1 is 0.941 bits per heavy atom. The third kappa shape index (κ3) is 2.70. The van der Waals surface area contributed by atoms with Crippen LogP contribution in [0.25, 0.3) is 0 Å². The third-order valence-electron chi connectivity index (χ3n) is 12.8. The van der Waals surface area contributed by atoms with Crippen LogP contribution in [0, 0.1) is 45.3 Å². The van der Waals surface area contributed by atoms with Crippen molar-refractivity contribution in [1.29, 1.82) is 0 Å². The molecule has 2 saturated heterocycles. The van der Waals surface area contributed by atoms with E-state index in [1.165, 1.54) is 31.3 Å². The van der Waals surface area contributed by atoms with Crippen molar-refractivity contribution in [3.63, 3.8) is 0 Å². The predicted octanol–water partition coefficient (Wildman–Crippen LogP) is 5.86. The van der Waals surface area contributed by atoms with Crippen molar-refractivity contribution in [2.75, 3.05) is 6.61 Å². The molecular weight excluding hydrogens is 424 g/mol. The molecular formula is C30H48O4. The van der Waals surface area contributed by atoms with Gasteiger partial charge >= 0.3 is 0 Å². The maximum absolute atomic E-state index is 11.9. The van der Waals surface area contributed by atoms with Crippen molar-refractivity contribution >= 4 is 0 Å². The molecule has 4 saturated carbocycles. The van der Waals surface area contributed by atoms with E-state index in [2.05, 4.69) is 54.5 Å². The summed E-state index contributed by atoms with van der Waals surface area (Å²) in [6.07, 6.45) is 10.4. The van der Waals surface area contributed by atoms with Crippen LogP contribution < -0.4 is 0 Å². The lowest BCUT2D eigenvalue weighted by atomic mass is 9.35.